The van der Waals surface area contributed by atoms with Gasteiger partial charge in [0, 0.05) is 31.1 Å². The first kappa shape index (κ1) is 19.0. The van der Waals surface area contributed by atoms with E-state index in [1.165, 1.54) is 0 Å². The van der Waals surface area contributed by atoms with Gasteiger partial charge in [-0.05, 0) is 36.8 Å². The average molecular weight is 360 g/mol. The molecule has 0 bridgehead atoms. The van der Waals surface area contributed by atoms with Crippen molar-refractivity contribution in [2.45, 2.75) is 21.0 Å². The van der Waals surface area contributed by atoms with Gasteiger partial charge in [-0.25, -0.2) is 4.98 Å². The zero-order valence-corrected chi connectivity index (χ0v) is 14.5. The van der Waals surface area contributed by atoms with E-state index in [1.807, 2.05) is 55.3 Å². The summed E-state index contributed by atoms with van der Waals surface area (Å²) in [5.74, 6) is 0.568. The molecule has 0 N–H and O–H groups in total. The van der Waals surface area contributed by atoms with Crippen molar-refractivity contribution in [3.8, 4) is 0 Å². The number of fused-ring (bicyclic) bond motifs is 1. The van der Waals surface area contributed by atoms with Crippen molar-refractivity contribution in [1.29, 1.82) is 0 Å². The highest BCUT2D eigenvalue weighted by molar-refractivity contribution is 6.30. The van der Waals surface area contributed by atoms with Crippen LogP contribution in [0.2, 0.25) is 5.02 Å². The quantitative estimate of drug-likeness (QED) is 0.700. The molecule has 1 aromatic carbocycles. The lowest BCUT2D eigenvalue weighted by atomic mass is 10.2. The Hall–Kier alpha value is -2.37. The third-order valence-electron chi connectivity index (χ3n) is 3.92. The van der Waals surface area contributed by atoms with E-state index in [1.54, 1.807) is 17.7 Å². The predicted molar refractivity (Wildman–Crippen MR) is 103 cm³/mol. The monoisotopic (exact) mass is 359 g/mol. The van der Waals surface area contributed by atoms with E-state index < -0.39 is 0 Å². The maximum absolute atomic E-state index is 12.9. The summed E-state index contributed by atoms with van der Waals surface area (Å²) in [7, 11) is 3.43. The van der Waals surface area contributed by atoms with Gasteiger partial charge in [0.25, 0.3) is 5.56 Å². The van der Waals surface area contributed by atoms with Crippen LogP contribution in [-0.2, 0) is 11.3 Å². The van der Waals surface area contributed by atoms with E-state index in [-0.39, 0.29) is 19.6 Å². The van der Waals surface area contributed by atoms with Crippen LogP contribution < -0.4 is 10.5 Å². The first-order valence-electron chi connectivity index (χ1n) is 7.52. The molecule has 0 aliphatic rings. The van der Waals surface area contributed by atoms with Gasteiger partial charge < -0.3 is 9.64 Å². The Balaban J connectivity index is 0.00000225. The smallest absolute Gasteiger partial charge is 0.265 e. The van der Waals surface area contributed by atoms with Gasteiger partial charge in [0.1, 0.15) is 11.5 Å². The second kappa shape index (κ2) is 7.68. The largest absolute Gasteiger partial charge is 0.380 e. The number of pyridine rings is 1. The molecule has 2 aromatic heterocycles. The van der Waals surface area contributed by atoms with Crippen molar-refractivity contribution in [2.75, 3.05) is 19.1 Å². The van der Waals surface area contributed by atoms with Crippen molar-refractivity contribution in [3.63, 3.8) is 0 Å². The van der Waals surface area contributed by atoms with Gasteiger partial charge in [0.2, 0.25) is 0 Å². The van der Waals surface area contributed by atoms with Gasteiger partial charge >= 0.3 is 0 Å². The third kappa shape index (κ3) is 3.52. The molecule has 132 valence electrons. The van der Waals surface area contributed by atoms with Crippen LogP contribution in [0, 0.1) is 6.92 Å². The van der Waals surface area contributed by atoms with Crippen molar-refractivity contribution in [3.05, 3.63) is 69.1 Å². The summed E-state index contributed by atoms with van der Waals surface area (Å²) >= 11 is 6.09. The summed E-state index contributed by atoms with van der Waals surface area (Å²) < 4.78 is 6.79. The number of anilines is 2. The molecule has 2 heterocycles. The molecule has 0 aliphatic heterocycles. The molecule has 0 unspecified atom stereocenters. The number of aryl methyl sites for hydroxylation is 1. The maximum atomic E-state index is 12.9. The van der Waals surface area contributed by atoms with Crippen molar-refractivity contribution < 1.29 is 4.74 Å². The summed E-state index contributed by atoms with van der Waals surface area (Å²) in [6, 6.07) is 11.2. The molecule has 3 rings (SSSR count). The molecule has 0 spiro atoms. The lowest BCUT2D eigenvalue weighted by molar-refractivity contribution is 0.183. The fraction of sp³-hybridized carbons (Fsp3) is 0.263. The van der Waals surface area contributed by atoms with E-state index in [4.69, 9.17) is 21.3 Å². The molecule has 0 amide bonds. The summed E-state index contributed by atoms with van der Waals surface area (Å²) in [4.78, 5) is 19.5. The highest BCUT2D eigenvalue weighted by atomic mass is 35.5. The van der Waals surface area contributed by atoms with Gasteiger partial charge in [0.05, 0.1) is 12.2 Å². The number of aromatic nitrogens is 2. The normalized spacial score (nSPS) is 10.6. The molecular formula is C19H22ClN3O2. The second-order valence-corrected chi connectivity index (χ2v) is 6.01. The van der Waals surface area contributed by atoms with Crippen molar-refractivity contribution in [1.82, 2.24) is 9.38 Å². The molecule has 5 nitrogen and oxygen atoms in total. The standard InChI is InChI=1S/C18H18ClN3O2.CH4/c1-12-6-5-9-22-16(12)20-17(15(11-24-3)18(22)23)21(2)14-8-4-7-13(19)10-14;/h4-10H,11H2,1-3H3;1H4. The maximum Gasteiger partial charge on any atom is 0.265 e. The number of ether oxygens (including phenoxy) is 1. The molecule has 0 atom stereocenters. The Morgan fingerprint density at radius 2 is 2.04 bits per heavy atom. The Morgan fingerprint density at radius 3 is 2.72 bits per heavy atom. The van der Waals surface area contributed by atoms with Crippen LogP contribution in [0.4, 0.5) is 11.5 Å². The molecule has 3 aromatic rings. The number of hydrogen-bond acceptors (Lipinski definition) is 4. The van der Waals surface area contributed by atoms with E-state index in [0.29, 0.717) is 22.1 Å². The fourth-order valence-electron chi connectivity index (χ4n) is 2.68. The number of nitrogens with zero attached hydrogens (tertiary/aromatic N) is 3. The Bertz CT molecular complexity index is 953. The zero-order chi connectivity index (χ0) is 17.3. The second-order valence-electron chi connectivity index (χ2n) is 5.58. The summed E-state index contributed by atoms with van der Waals surface area (Å²) in [5.41, 5.74) is 2.78. The number of hydrogen-bond donors (Lipinski definition) is 0. The highest BCUT2D eigenvalue weighted by Gasteiger charge is 2.18. The van der Waals surface area contributed by atoms with E-state index in [0.717, 1.165) is 11.3 Å². The minimum Gasteiger partial charge on any atom is -0.380 e. The predicted octanol–water partition coefficient (Wildman–Crippen LogP) is 4.21. The molecule has 0 radical (unpaired) electrons. The first-order valence-corrected chi connectivity index (χ1v) is 7.90. The van der Waals surface area contributed by atoms with Gasteiger partial charge in [0.15, 0.2) is 0 Å². The summed E-state index contributed by atoms with van der Waals surface area (Å²) in [6.07, 6.45) is 1.72. The van der Waals surface area contributed by atoms with Crippen LogP contribution in [0.15, 0.2) is 47.4 Å². The van der Waals surface area contributed by atoms with Crippen LogP contribution >= 0.6 is 11.6 Å². The summed E-state index contributed by atoms with van der Waals surface area (Å²) in [5, 5.41) is 0.626. The van der Waals surface area contributed by atoms with Crippen molar-refractivity contribution in [2.24, 2.45) is 0 Å². The van der Waals surface area contributed by atoms with Crippen molar-refractivity contribution >= 4 is 28.8 Å². The molecule has 0 saturated carbocycles. The number of benzene rings is 1. The van der Waals surface area contributed by atoms with Gasteiger partial charge in [-0.3, -0.25) is 9.20 Å². The van der Waals surface area contributed by atoms with E-state index in [2.05, 4.69) is 0 Å². The van der Waals surface area contributed by atoms with Crippen LogP contribution in [0.25, 0.3) is 5.65 Å². The van der Waals surface area contributed by atoms with E-state index >= 15 is 0 Å². The van der Waals surface area contributed by atoms with Crippen LogP contribution in [0.5, 0.6) is 0 Å². The minimum atomic E-state index is -0.130. The Kier molecular flexibility index (Phi) is 5.82. The minimum absolute atomic E-state index is 0. The van der Waals surface area contributed by atoms with Crippen LogP contribution in [0.3, 0.4) is 0 Å². The van der Waals surface area contributed by atoms with E-state index in [9.17, 15) is 4.79 Å². The Morgan fingerprint density at radius 1 is 1.28 bits per heavy atom. The van der Waals surface area contributed by atoms with Crippen LogP contribution in [-0.4, -0.2) is 23.5 Å². The topological polar surface area (TPSA) is 46.8 Å². The van der Waals surface area contributed by atoms with Crippen LogP contribution in [0.1, 0.15) is 18.6 Å². The highest BCUT2D eigenvalue weighted by Crippen LogP contribution is 2.27. The number of halogens is 1. The van der Waals surface area contributed by atoms with Gasteiger partial charge in [-0.1, -0.05) is 31.2 Å². The Labute approximate surface area is 152 Å². The zero-order valence-electron chi connectivity index (χ0n) is 13.8. The molecule has 6 heteroatoms. The SMILES string of the molecule is C.COCc1c(N(C)c2cccc(Cl)c2)nc2c(C)cccn2c1=O. The molecule has 0 fully saturated rings. The number of methoxy groups -OCH3 is 1. The van der Waals surface area contributed by atoms with Gasteiger partial charge in [-0.2, -0.15) is 0 Å². The average Bonchev–Trinajstić information content (AvgIpc) is 2.57. The lowest BCUT2D eigenvalue weighted by Crippen LogP contribution is -2.26. The van der Waals surface area contributed by atoms with Gasteiger partial charge in [-0.15, -0.1) is 0 Å². The fourth-order valence-corrected chi connectivity index (χ4v) is 2.86. The number of rotatable bonds is 4. The third-order valence-corrected chi connectivity index (χ3v) is 4.16. The molecule has 0 aliphatic carbocycles. The summed E-state index contributed by atoms with van der Waals surface area (Å²) in [6.45, 7) is 2.11. The first-order chi connectivity index (χ1) is 11.5. The molecular weight excluding hydrogens is 338 g/mol. The lowest BCUT2D eigenvalue weighted by Gasteiger charge is -2.22. The molecule has 0 saturated heterocycles. The molecule has 25 heavy (non-hydrogen) atoms.